The quantitative estimate of drug-likeness (QED) is 0.603. The van der Waals surface area contributed by atoms with Crippen LogP contribution in [0.3, 0.4) is 0 Å². The SMILES string of the molecule is COC(=O)c1sc2ncnc(Nc3ccc(F)cc3C)c2c1C.C[C@H]1CCOC1. The van der Waals surface area contributed by atoms with Crippen molar-refractivity contribution in [2.75, 3.05) is 25.6 Å². The van der Waals surface area contributed by atoms with Crippen LogP contribution in [-0.4, -0.2) is 36.3 Å². The molecule has 0 spiro atoms. The number of thiophene rings is 1. The number of halogens is 1. The summed E-state index contributed by atoms with van der Waals surface area (Å²) in [5.74, 6) is 0.716. The van der Waals surface area contributed by atoms with Crippen LogP contribution in [0.15, 0.2) is 24.5 Å². The molecule has 1 aliphatic rings. The molecule has 29 heavy (non-hydrogen) atoms. The lowest BCUT2D eigenvalue weighted by atomic mass is 10.1. The van der Waals surface area contributed by atoms with Crippen molar-refractivity contribution in [2.24, 2.45) is 5.92 Å². The Morgan fingerprint density at radius 2 is 2.14 bits per heavy atom. The van der Waals surface area contributed by atoms with Crippen molar-refractivity contribution >= 4 is 39.0 Å². The largest absolute Gasteiger partial charge is 0.465 e. The summed E-state index contributed by atoms with van der Waals surface area (Å²) in [5, 5.41) is 3.96. The topological polar surface area (TPSA) is 73.3 Å². The van der Waals surface area contributed by atoms with Gasteiger partial charge in [-0.2, -0.15) is 0 Å². The van der Waals surface area contributed by atoms with Gasteiger partial charge in [-0.15, -0.1) is 11.3 Å². The summed E-state index contributed by atoms with van der Waals surface area (Å²) in [6.07, 6.45) is 2.69. The number of nitrogens with zero attached hydrogens (tertiary/aromatic N) is 2. The van der Waals surface area contributed by atoms with E-state index in [9.17, 15) is 9.18 Å². The van der Waals surface area contributed by atoms with Gasteiger partial charge in [-0.05, 0) is 55.5 Å². The molecule has 0 saturated carbocycles. The van der Waals surface area contributed by atoms with E-state index >= 15 is 0 Å². The minimum absolute atomic E-state index is 0.291. The number of hydrogen-bond acceptors (Lipinski definition) is 7. The molecule has 154 valence electrons. The van der Waals surface area contributed by atoms with Crippen LogP contribution in [0.4, 0.5) is 15.9 Å². The van der Waals surface area contributed by atoms with Crippen LogP contribution in [0, 0.1) is 25.6 Å². The van der Waals surface area contributed by atoms with Gasteiger partial charge in [-0.1, -0.05) is 6.92 Å². The van der Waals surface area contributed by atoms with Gasteiger partial charge in [-0.25, -0.2) is 19.2 Å². The van der Waals surface area contributed by atoms with Gasteiger partial charge in [0, 0.05) is 18.9 Å². The molecular formula is C21H24FN3O3S. The minimum atomic E-state index is -0.394. The lowest BCUT2D eigenvalue weighted by Crippen LogP contribution is -2.00. The van der Waals surface area contributed by atoms with Crippen LogP contribution < -0.4 is 5.32 Å². The van der Waals surface area contributed by atoms with Gasteiger partial charge >= 0.3 is 5.97 Å². The first-order valence-corrected chi connectivity index (χ1v) is 10.2. The van der Waals surface area contributed by atoms with Gasteiger partial charge in [0.25, 0.3) is 0 Å². The van der Waals surface area contributed by atoms with Crippen LogP contribution in [-0.2, 0) is 9.47 Å². The van der Waals surface area contributed by atoms with Crippen molar-refractivity contribution in [3.05, 3.63) is 46.3 Å². The molecule has 0 bridgehead atoms. The van der Waals surface area contributed by atoms with E-state index in [1.807, 2.05) is 13.8 Å². The van der Waals surface area contributed by atoms with Gasteiger partial charge in [0.15, 0.2) is 0 Å². The number of rotatable bonds is 3. The lowest BCUT2D eigenvalue weighted by molar-refractivity contribution is 0.0605. The number of methoxy groups -OCH3 is 1. The summed E-state index contributed by atoms with van der Waals surface area (Å²) in [6.45, 7) is 7.83. The molecule has 1 N–H and O–H groups in total. The highest BCUT2D eigenvalue weighted by atomic mass is 32.1. The Kier molecular flexibility index (Phi) is 6.76. The number of aryl methyl sites for hydroxylation is 2. The van der Waals surface area contributed by atoms with E-state index in [0.717, 1.165) is 41.3 Å². The van der Waals surface area contributed by atoms with E-state index in [4.69, 9.17) is 9.47 Å². The number of anilines is 2. The Balaban J connectivity index is 0.000000343. The minimum Gasteiger partial charge on any atom is -0.465 e. The molecule has 8 heteroatoms. The molecule has 0 aliphatic carbocycles. The third-order valence-electron chi connectivity index (χ3n) is 4.70. The maximum absolute atomic E-state index is 13.2. The van der Waals surface area contributed by atoms with E-state index in [-0.39, 0.29) is 5.82 Å². The standard InChI is InChI=1S/C16H14FN3O2S.C5H10O/c1-8-6-10(17)4-5-11(8)20-14-12-9(2)13(16(21)22-3)23-15(12)19-7-18-14;1-5-2-3-6-4-5/h4-7H,1-3H3,(H,18,19,20);5H,2-4H2,1H3/t;5-/m.0/s1. The first-order chi connectivity index (χ1) is 13.9. The zero-order valence-electron chi connectivity index (χ0n) is 16.9. The average molecular weight is 418 g/mol. The number of esters is 1. The number of carbonyl (C=O) groups is 1. The van der Waals surface area contributed by atoms with E-state index in [0.29, 0.717) is 15.5 Å². The van der Waals surface area contributed by atoms with Crippen molar-refractivity contribution in [1.29, 1.82) is 0 Å². The summed E-state index contributed by atoms with van der Waals surface area (Å²) >= 11 is 1.26. The molecule has 1 aliphatic heterocycles. The molecule has 0 radical (unpaired) electrons. The van der Waals surface area contributed by atoms with E-state index < -0.39 is 5.97 Å². The maximum atomic E-state index is 13.2. The van der Waals surface area contributed by atoms with Gasteiger partial charge < -0.3 is 14.8 Å². The van der Waals surface area contributed by atoms with Gasteiger partial charge in [0.1, 0.15) is 27.7 Å². The third-order valence-corrected chi connectivity index (χ3v) is 5.88. The molecule has 1 fully saturated rings. The highest BCUT2D eigenvalue weighted by Gasteiger charge is 2.20. The predicted octanol–water partition coefficient (Wildman–Crippen LogP) is 5.02. The van der Waals surface area contributed by atoms with Crippen molar-refractivity contribution in [3.63, 3.8) is 0 Å². The third kappa shape index (κ3) is 4.89. The Morgan fingerprint density at radius 3 is 2.72 bits per heavy atom. The van der Waals surface area contributed by atoms with E-state index in [1.165, 1.54) is 43.3 Å². The molecule has 1 saturated heterocycles. The fourth-order valence-electron chi connectivity index (χ4n) is 3.00. The Morgan fingerprint density at radius 1 is 1.34 bits per heavy atom. The van der Waals surface area contributed by atoms with Crippen LogP contribution in [0.1, 0.15) is 34.1 Å². The first kappa shape index (κ1) is 21.1. The molecule has 0 amide bonds. The normalized spacial score (nSPS) is 15.7. The molecule has 0 unspecified atom stereocenters. The van der Waals surface area contributed by atoms with E-state index in [1.54, 1.807) is 6.07 Å². The van der Waals surface area contributed by atoms with Gasteiger partial charge in [0.2, 0.25) is 0 Å². The zero-order chi connectivity index (χ0) is 21.0. The summed E-state index contributed by atoms with van der Waals surface area (Å²) in [7, 11) is 1.35. The zero-order valence-corrected chi connectivity index (χ0v) is 17.7. The van der Waals surface area contributed by atoms with Gasteiger partial charge in [0.05, 0.1) is 12.5 Å². The molecule has 2 aromatic heterocycles. The summed E-state index contributed by atoms with van der Waals surface area (Å²) in [4.78, 5) is 21.5. The van der Waals surface area contributed by atoms with Crippen LogP contribution in [0.25, 0.3) is 10.2 Å². The van der Waals surface area contributed by atoms with Crippen LogP contribution in [0.5, 0.6) is 0 Å². The Labute approximate surface area is 173 Å². The summed E-state index contributed by atoms with van der Waals surface area (Å²) in [5.41, 5.74) is 2.27. The fraction of sp³-hybridized carbons (Fsp3) is 0.381. The fourth-order valence-corrected chi connectivity index (χ4v) is 4.07. The second-order valence-corrected chi connectivity index (χ2v) is 8.00. The highest BCUT2D eigenvalue weighted by Crippen LogP contribution is 2.35. The van der Waals surface area contributed by atoms with Crippen molar-refractivity contribution in [3.8, 4) is 0 Å². The van der Waals surface area contributed by atoms with E-state index in [2.05, 4.69) is 22.2 Å². The van der Waals surface area contributed by atoms with Crippen molar-refractivity contribution in [1.82, 2.24) is 9.97 Å². The number of aromatic nitrogens is 2. The molecule has 1 aromatic carbocycles. The van der Waals surface area contributed by atoms with Crippen molar-refractivity contribution < 1.29 is 18.7 Å². The number of nitrogens with one attached hydrogen (secondary N) is 1. The molecule has 3 aromatic rings. The molecule has 3 heterocycles. The second-order valence-electron chi connectivity index (χ2n) is 7.00. The summed E-state index contributed by atoms with van der Waals surface area (Å²) < 4.78 is 23.1. The first-order valence-electron chi connectivity index (χ1n) is 9.34. The number of carbonyl (C=O) groups excluding carboxylic acids is 1. The van der Waals surface area contributed by atoms with Crippen LogP contribution >= 0.6 is 11.3 Å². The van der Waals surface area contributed by atoms with Gasteiger partial charge in [-0.3, -0.25) is 0 Å². The maximum Gasteiger partial charge on any atom is 0.348 e. The Hall–Kier alpha value is -2.58. The molecule has 6 nitrogen and oxygen atoms in total. The molecular weight excluding hydrogens is 393 g/mol. The Bertz CT molecular complexity index is 1020. The monoisotopic (exact) mass is 417 g/mol. The highest BCUT2D eigenvalue weighted by molar-refractivity contribution is 7.20. The molecule has 4 rings (SSSR count). The lowest BCUT2D eigenvalue weighted by Gasteiger charge is -2.10. The smallest absolute Gasteiger partial charge is 0.348 e. The predicted molar refractivity (Wildman–Crippen MR) is 113 cm³/mol. The number of fused-ring (bicyclic) bond motifs is 1. The van der Waals surface area contributed by atoms with Crippen LogP contribution in [0.2, 0.25) is 0 Å². The number of hydrogen-bond donors (Lipinski definition) is 1. The average Bonchev–Trinajstić information content (AvgIpc) is 3.31. The number of ether oxygens (including phenoxy) is 2. The summed E-state index contributed by atoms with van der Waals surface area (Å²) in [6, 6.07) is 4.48. The number of benzene rings is 1. The van der Waals surface area contributed by atoms with Crippen molar-refractivity contribution in [2.45, 2.75) is 27.2 Å². The second kappa shape index (κ2) is 9.28. The molecule has 1 atom stereocenters.